The quantitative estimate of drug-likeness (QED) is 0.866. The highest BCUT2D eigenvalue weighted by molar-refractivity contribution is 6.30. The zero-order valence-corrected chi connectivity index (χ0v) is 14.6. The number of nitrogens with zero attached hydrogens (tertiary/aromatic N) is 2. The van der Waals surface area contributed by atoms with Crippen LogP contribution in [0.4, 0.5) is 4.79 Å². The largest absolute Gasteiger partial charge is 0.396 e. The number of carbonyl (C=O) groups excluding carboxylic acids is 1. The molecule has 2 atom stereocenters. The molecule has 0 aromatic heterocycles. The molecule has 1 aliphatic rings. The number of benzene rings is 1. The van der Waals surface area contributed by atoms with Crippen molar-refractivity contribution in [3.05, 3.63) is 34.9 Å². The van der Waals surface area contributed by atoms with Gasteiger partial charge >= 0.3 is 6.03 Å². The second-order valence-electron chi connectivity index (χ2n) is 6.35. The first-order valence-electron chi connectivity index (χ1n) is 8.06. The zero-order valence-electron chi connectivity index (χ0n) is 13.8. The third-order valence-corrected chi connectivity index (χ3v) is 4.64. The van der Waals surface area contributed by atoms with E-state index >= 15 is 0 Å². The fourth-order valence-electron chi connectivity index (χ4n) is 2.98. The molecule has 0 bridgehead atoms. The summed E-state index contributed by atoms with van der Waals surface area (Å²) in [5.74, 6) is 0.204. The highest BCUT2D eigenvalue weighted by atomic mass is 35.5. The van der Waals surface area contributed by atoms with Gasteiger partial charge in [-0.1, -0.05) is 23.7 Å². The summed E-state index contributed by atoms with van der Waals surface area (Å²) in [6.45, 7) is 2.08. The number of likely N-dealkylation sites (tertiary alicyclic amines) is 1. The van der Waals surface area contributed by atoms with Crippen molar-refractivity contribution in [3.8, 4) is 0 Å². The van der Waals surface area contributed by atoms with Gasteiger partial charge in [-0.05, 0) is 50.6 Å². The molecule has 1 aliphatic heterocycles. The molecule has 6 heteroatoms. The van der Waals surface area contributed by atoms with Crippen LogP contribution in [0.25, 0.3) is 0 Å². The van der Waals surface area contributed by atoms with Crippen molar-refractivity contribution >= 4 is 17.6 Å². The first-order valence-corrected chi connectivity index (χ1v) is 8.44. The molecule has 23 heavy (non-hydrogen) atoms. The molecule has 0 unspecified atom stereocenters. The van der Waals surface area contributed by atoms with Crippen molar-refractivity contribution in [1.29, 1.82) is 0 Å². The van der Waals surface area contributed by atoms with Gasteiger partial charge in [-0.25, -0.2) is 4.79 Å². The van der Waals surface area contributed by atoms with E-state index in [4.69, 9.17) is 11.6 Å². The molecule has 2 amide bonds. The topological polar surface area (TPSA) is 55.8 Å². The molecule has 128 valence electrons. The number of halogens is 1. The number of hydrogen-bond acceptors (Lipinski definition) is 3. The average molecular weight is 340 g/mol. The van der Waals surface area contributed by atoms with Crippen molar-refractivity contribution in [2.75, 3.05) is 40.3 Å². The Hall–Kier alpha value is -1.30. The van der Waals surface area contributed by atoms with Gasteiger partial charge in [-0.3, -0.25) is 0 Å². The molecule has 2 rings (SSSR count). The van der Waals surface area contributed by atoms with Crippen LogP contribution in [0.15, 0.2) is 24.3 Å². The summed E-state index contributed by atoms with van der Waals surface area (Å²) >= 11 is 5.94. The van der Waals surface area contributed by atoms with Crippen LogP contribution < -0.4 is 5.32 Å². The Bertz CT molecular complexity index is 507. The fourth-order valence-corrected chi connectivity index (χ4v) is 3.10. The summed E-state index contributed by atoms with van der Waals surface area (Å²) in [5.41, 5.74) is 1.12. The molecular formula is C17H26ClN3O2. The Morgan fingerprint density at radius 2 is 2.13 bits per heavy atom. The number of likely N-dealkylation sites (N-methyl/N-ethyl adjacent to an activating group) is 1. The van der Waals surface area contributed by atoms with Crippen LogP contribution >= 0.6 is 11.6 Å². The van der Waals surface area contributed by atoms with Crippen molar-refractivity contribution < 1.29 is 9.90 Å². The molecule has 0 saturated carbocycles. The monoisotopic (exact) mass is 339 g/mol. The number of aliphatic hydroxyl groups excluding tert-OH is 1. The maximum absolute atomic E-state index is 12.4. The number of aliphatic hydroxyl groups is 1. The number of hydrogen-bond donors (Lipinski definition) is 2. The normalized spacial score (nSPS) is 19.7. The Balaban J connectivity index is 1.93. The molecule has 1 aromatic carbocycles. The molecule has 0 spiro atoms. The number of piperidine rings is 1. The van der Waals surface area contributed by atoms with Gasteiger partial charge in [0.2, 0.25) is 0 Å². The van der Waals surface area contributed by atoms with Crippen molar-refractivity contribution in [2.45, 2.75) is 18.9 Å². The molecule has 1 fully saturated rings. The average Bonchev–Trinajstić information content (AvgIpc) is 2.56. The molecule has 1 saturated heterocycles. The van der Waals surface area contributed by atoms with Gasteiger partial charge in [-0.15, -0.1) is 0 Å². The lowest BCUT2D eigenvalue weighted by Gasteiger charge is -2.33. The first kappa shape index (κ1) is 18.0. The molecular weight excluding hydrogens is 314 g/mol. The molecule has 0 aliphatic carbocycles. The molecule has 1 heterocycles. The van der Waals surface area contributed by atoms with Gasteiger partial charge in [0.05, 0.1) is 6.04 Å². The maximum Gasteiger partial charge on any atom is 0.317 e. The highest BCUT2D eigenvalue weighted by Crippen LogP contribution is 2.20. The third-order valence-electron chi connectivity index (χ3n) is 4.39. The number of amides is 2. The standard InChI is InChI=1S/C17H26ClN3O2/c1-20(2)16(14-5-7-15(18)8-6-14)10-19-17(23)21-9-3-4-13(11-21)12-22/h5-8,13,16,22H,3-4,9-12H2,1-2H3,(H,19,23)/t13-,16+/m0/s1. The van der Waals surface area contributed by atoms with Crippen molar-refractivity contribution in [1.82, 2.24) is 15.1 Å². The Labute approximate surface area is 143 Å². The predicted molar refractivity (Wildman–Crippen MR) is 92.7 cm³/mol. The Kier molecular flexibility index (Phi) is 6.69. The maximum atomic E-state index is 12.4. The van der Waals surface area contributed by atoms with Crippen molar-refractivity contribution in [3.63, 3.8) is 0 Å². The van der Waals surface area contributed by atoms with Crippen molar-refractivity contribution in [2.24, 2.45) is 5.92 Å². The minimum Gasteiger partial charge on any atom is -0.396 e. The SMILES string of the molecule is CN(C)[C@H](CNC(=O)N1CCC[C@H](CO)C1)c1ccc(Cl)cc1. The fraction of sp³-hybridized carbons (Fsp3) is 0.588. The summed E-state index contributed by atoms with van der Waals surface area (Å²) in [6.07, 6.45) is 1.94. The van der Waals surface area contributed by atoms with Crippen LogP contribution in [-0.4, -0.2) is 61.3 Å². The summed E-state index contributed by atoms with van der Waals surface area (Å²) in [5, 5.41) is 13.0. The van der Waals surface area contributed by atoms with Gasteiger partial charge in [0, 0.05) is 31.3 Å². The Morgan fingerprint density at radius 1 is 1.43 bits per heavy atom. The van der Waals surface area contributed by atoms with E-state index in [1.807, 2.05) is 38.4 Å². The second-order valence-corrected chi connectivity index (χ2v) is 6.79. The van der Waals surface area contributed by atoms with Gasteiger partial charge < -0.3 is 20.2 Å². The van der Waals surface area contributed by atoms with Crippen LogP contribution in [0, 0.1) is 5.92 Å². The van der Waals surface area contributed by atoms with E-state index in [2.05, 4.69) is 10.2 Å². The van der Waals surface area contributed by atoms with Gasteiger partial charge in [-0.2, -0.15) is 0 Å². The summed E-state index contributed by atoms with van der Waals surface area (Å²) in [4.78, 5) is 16.2. The molecule has 1 aromatic rings. The van der Waals surface area contributed by atoms with E-state index in [-0.39, 0.29) is 24.6 Å². The van der Waals surface area contributed by atoms with E-state index in [0.717, 1.165) is 24.9 Å². The lowest BCUT2D eigenvalue weighted by molar-refractivity contribution is 0.128. The van der Waals surface area contributed by atoms with E-state index < -0.39 is 0 Å². The van der Waals surface area contributed by atoms with Crippen LogP contribution in [0.3, 0.4) is 0 Å². The van der Waals surface area contributed by atoms with Crippen LogP contribution in [0.2, 0.25) is 5.02 Å². The first-order chi connectivity index (χ1) is 11.0. The minimum absolute atomic E-state index is 0.0519. The van der Waals surface area contributed by atoms with Crippen LogP contribution in [0.5, 0.6) is 0 Å². The van der Waals surface area contributed by atoms with Gasteiger partial charge in [0.1, 0.15) is 0 Å². The summed E-state index contributed by atoms with van der Waals surface area (Å²) < 4.78 is 0. The van der Waals surface area contributed by atoms with E-state index in [0.29, 0.717) is 18.1 Å². The van der Waals surface area contributed by atoms with Gasteiger partial charge in [0.25, 0.3) is 0 Å². The van der Waals surface area contributed by atoms with Crippen LogP contribution in [-0.2, 0) is 0 Å². The van der Waals surface area contributed by atoms with E-state index in [1.165, 1.54) is 0 Å². The highest BCUT2D eigenvalue weighted by Gasteiger charge is 2.24. The number of nitrogens with one attached hydrogen (secondary N) is 1. The molecule has 5 nitrogen and oxygen atoms in total. The number of carbonyl (C=O) groups is 1. The molecule has 2 N–H and O–H groups in total. The summed E-state index contributed by atoms with van der Waals surface area (Å²) in [7, 11) is 3.99. The Morgan fingerprint density at radius 3 is 2.74 bits per heavy atom. The third kappa shape index (κ3) is 5.09. The lowest BCUT2D eigenvalue weighted by Crippen LogP contribution is -2.47. The number of urea groups is 1. The van der Waals surface area contributed by atoms with Gasteiger partial charge in [0.15, 0.2) is 0 Å². The molecule has 0 radical (unpaired) electrons. The zero-order chi connectivity index (χ0) is 16.8. The predicted octanol–water partition coefficient (Wildman–Crippen LogP) is 2.36. The number of rotatable bonds is 5. The summed E-state index contributed by atoms with van der Waals surface area (Å²) in [6, 6.07) is 7.75. The van der Waals surface area contributed by atoms with E-state index in [9.17, 15) is 9.90 Å². The smallest absolute Gasteiger partial charge is 0.317 e. The lowest BCUT2D eigenvalue weighted by atomic mass is 9.99. The minimum atomic E-state index is -0.0519. The second kappa shape index (κ2) is 8.52. The van der Waals surface area contributed by atoms with E-state index in [1.54, 1.807) is 4.90 Å². The van der Waals surface area contributed by atoms with Crippen LogP contribution in [0.1, 0.15) is 24.4 Å².